The minimum Gasteiger partial charge on any atom is -0.445 e. The SMILES string of the molecule is O=C(OCc1ccccc1)N1CCC(O)(CNC2CC23CCc2ccccc23)CC1. The maximum absolute atomic E-state index is 12.4. The van der Waals surface area contributed by atoms with Crippen LogP contribution in [0.1, 0.15) is 42.4 Å². The first-order valence-electron chi connectivity index (χ1n) is 11.1. The van der Waals surface area contributed by atoms with Gasteiger partial charge in [0.25, 0.3) is 0 Å². The van der Waals surface area contributed by atoms with Crippen LogP contribution in [0.5, 0.6) is 0 Å². The number of benzene rings is 2. The molecule has 1 heterocycles. The number of hydrogen-bond acceptors (Lipinski definition) is 4. The van der Waals surface area contributed by atoms with Gasteiger partial charge in [0, 0.05) is 31.1 Å². The van der Waals surface area contributed by atoms with Crippen LogP contribution in [0.3, 0.4) is 0 Å². The molecule has 1 aliphatic heterocycles. The van der Waals surface area contributed by atoms with Crippen molar-refractivity contribution in [3.8, 4) is 0 Å². The van der Waals surface area contributed by atoms with Crippen LogP contribution >= 0.6 is 0 Å². The van der Waals surface area contributed by atoms with Gasteiger partial charge in [-0.25, -0.2) is 4.79 Å². The summed E-state index contributed by atoms with van der Waals surface area (Å²) in [5, 5.41) is 14.7. The highest BCUT2D eigenvalue weighted by molar-refractivity contribution is 5.67. The monoisotopic (exact) mass is 406 g/mol. The molecule has 5 rings (SSSR count). The van der Waals surface area contributed by atoms with Gasteiger partial charge in [-0.05, 0) is 48.8 Å². The molecule has 1 amide bonds. The molecular formula is C25H30N2O3. The summed E-state index contributed by atoms with van der Waals surface area (Å²) in [6, 6.07) is 19.0. The van der Waals surface area contributed by atoms with E-state index in [1.807, 2.05) is 30.3 Å². The molecule has 2 N–H and O–H groups in total. The number of aryl methyl sites for hydroxylation is 1. The molecule has 30 heavy (non-hydrogen) atoms. The van der Waals surface area contributed by atoms with E-state index in [4.69, 9.17) is 4.74 Å². The molecule has 0 radical (unpaired) electrons. The second-order valence-electron chi connectivity index (χ2n) is 9.20. The third-order valence-electron chi connectivity index (χ3n) is 7.30. The van der Waals surface area contributed by atoms with Crippen LogP contribution in [0, 0.1) is 0 Å². The molecule has 2 fully saturated rings. The molecule has 2 atom stereocenters. The average Bonchev–Trinajstić information content (AvgIpc) is 3.38. The minimum absolute atomic E-state index is 0.285. The summed E-state index contributed by atoms with van der Waals surface area (Å²) < 4.78 is 5.43. The molecule has 5 nitrogen and oxygen atoms in total. The topological polar surface area (TPSA) is 61.8 Å². The van der Waals surface area contributed by atoms with Crippen LogP contribution in [-0.2, 0) is 23.2 Å². The second kappa shape index (κ2) is 7.71. The van der Waals surface area contributed by atoms with Crippen molar-refractivity contribution in [2.24, 2.45) is 0 Å². The Balaban J connectivity index is 1.09. The number of nitrogens with one attached hydrogen (secondary N) is 1. The number of likely N-dealkylation sites (tertiary alicyclic amines) is 1. The number of rotatable bonds is 5. The number of nitrogens with zero attached hydrogens (tertiary/aromatic N) is 1. The van der Waals surface area contributed by atoms with E-state index in [0.29, 0.717) is 38.5 Å². The quantitative estimate of drug-likeness (QED) is 0.799. The lowest BCUT2D eigenvalue weighted by atomic mass is 9.91. The van der Waals surface area contributed by atoms with Gasteiger partial charge in [-0.15, -0.1) is 0 Å². The molecular weight excluding hydrogens is 376 g/mol. The predicted octanol–water partition coefficient (Wildman–Crippen LogP) is 3.40. The predicted molar refractivity (Wildman–Crippen MR) is 115 cm³/mol. The van der Waals surface area contributed by atoms with Crippen molar-refractivity contribution in [3.05, 3.63) is 71.3 Å². The molecule has 0 bridgehead atoms. The standard InChI is InChI=1S/C25H30N2O3/c28-23(30-17-19-6-2-1-3-7-19)27-14-12-24(29,13-15-27)18-26-22-16-25(22)11-10-20-8-4-5-9-21(20)25/h1-9,22,26,29H,10-18H2. The fourth-order valence-corrected chi connectivity index (χ4v) is 5.27. The molecule has 1 saturated carbocycles. The molecule has 1 saturated heterocycles. The number of amides is 1. The molecule has 2 unspecified atom stereocenters. The van der Waals surface area contributed by atoms with Crippen molar-refractivity contribution in [1.82, 2.24) is 10.2 Å². The van der Waals surface area contributed by atoms with Crippen LogP contribution in [0.2, 0.25) is 0 Å². The van der Waals surface area contributed by atoms with Gasteiger partial charge in [0.15, 0.2) is 0 Å². The highest BCUT2D eigenvalue weighted by Gasteiger charge is 2.58. The lowest BCUT2D eigenvalue weighted by molar-refractivity contribution is -0.0204. The van der Waals surface area contributed by atoms with Gasteiger partial charge in [-0.3, -0.25) is 0 Å². The van der Waals surface area contributed by atoms with E-state index in [9.17, 15) is 9.90 Å². The van der Waals surface area contributed by atoms with Gasteiger partial charge in [-0.1, -0.05) is 54.6 Å². The van der Waals surface area contributed by atoms with Gasteiger partial charge < -0.3 is 20.1 Å². The lowest BCUT2D eigenvalue weighted by Gasteiger charge is -2.38. The largest absolute Gasteiger partial charge is 0.445 e. The number of carbonyl (C=O) groups excluding carboxylic acids is 1. The Labute approximate surface area is 178 Å². The zero-order valence-corrected chi connectivity index (χ0v) is 17.3. The van der Waals surface area contributed by atoms with E-state index in [1.54, 1.807) is 4.90 Å². The van der Waals surface area contributed by atoms with Crippen LogP contribution in [-0.4, -0.2) is 47.4 Å². The zero-order valence-electron chi connectivity index (χ0n) is 17.3. The van der Waals surface area contributed by atoms with Crippen LogP contribution < -0.4 is 5.32 Å². The van der Waals surface area contributed by atoms with Crippen LogP contribution in [0.4, 0.5) is 4.79 Å². The molecule has 2 aromatic rings. The molecule has 2 aliphatic carbocycles. The third kappa shape index (κ3) is 3.72. The highest BCUT2D eigenvalue weighted by Crippen LogP contribution is 2.56. The van der Waals surface area contributed by atoms with E-state index in [-0.39, 0.29) is 18.1 Å². The van der Waals surface area contributed by atoms with E-state index >= 15 is 0 Å². The Hall–Kier alpha value is -2.37. The average molecular weight is 407 g/mol. The maximum atomic E-state index is 12.4. The van der Waals surface area contributed by atoms with E-state index in [2.05, 4.69) is 29.6 Å². The van der Waals surface area contributed by atoms with Crippen LogP contribution in [0.15, 0.2) is 54.6 Å². The number of ether oxygens (including phenoxy) is 1. The molecule has 5 heteroatoms. The molecule has 1 spiro atoms. The summed E-state index contributed by atoms with van der Waals surface area (Å²) in [4.78, 5) is 14.1. The summed E-state index contributed by atoms with van der Waals surface area (Å²) in [5.41, 5.74) is 3.51. The Kier molecular flexibility index (Phi) is 5.03. The molecule has 2 aromatic carbocycles. The van der Waals surface area contributed by atoms with Crippen molar-refractivity contribution in [2.75, 3.05) is 19.6 Å². The second-order valence-corrected chi connectivity index (χ2v) is 9.20. The number of carbonyl (C=O) groups is 1. The van der Waals surface area contributed by atoms with E-state index in [1.165, 1.54) is 24.0 Å². The van der Waals surface area contributed by atoms with Crippen molar-refractivity contribution < 1.29 is 14.6 Å². The summed E-state index contributed by atoms with van der Waals surface area (Å²) in [6.45, 7) is 1.94. The Bertz CT molecular complexity index is 908. The Morgan fingerprint density at radius 1 is 1.07 bits per heavy atom. The summed E-state index contributed by atoms with van der Waals surface area (Å²) in [5.74, 6) is 0. The van der Waals surface area contributed by atoms with E-state index < -0.39 is 5.60 Å². The van der Waals surface area contributed by atoms with Crippen molar-refractivity contribution >= 4 is 6.09 Å². The summed E-state index contributed by atoms with van der Waals surface area (Å²) >= 11 is 0. The lowest BCUT2D eigenvalue weighted by Crippen LogP contribution is -2.52. The summed E-state index contributed by atoms with van der Waals surface area (Å²) in [7, 11) is 0. The van der Waals surface area contributed by atoms with E-state index in [0.717, 1.165) is 12.0 Å². The number of piperidine rings is 1. The van der Waals surface area contributed by atoms with Crippen LogP contribution in [0.25, 0.3) is 0 Å². The number of hydrogen-bond donors (Lipinski definition) is 2. The smallest absolute Gasteiger partial charge is 0.410 e. The fourth-order valence-electron chi connectivity index (χ4n) is 5.27. The van der Waals surface area contributed by atoms with Crippen molar-refractivity contribution in [1.29, 1.82) is 0 Å². The number of fused-ring (bicyclic) bond motifs is 2. The van der Waals surface area contributed by atoms with Gasteiger partial charge >= 0.3 is 6.09 Å². The van der Waals surface area contributed by atoms with Gasteiger partial charge in [0.05, 0.1) is 5.60 Å². The van der Waals surface area contributed by atoms with Gasteiger partial charge in [0.1, 0.15) is 6.61 Å². The first kappa shape index (κ1) is 19.6. The first-order valence-corrected chi connectivity index (χ1v) is 11.1. The fraction of sp³-hybridized carbons (Fsp3) is 0.480. The Morgan fingerprint density at radius 3 is 2.60 bits per heavy atom. The van der Waals surface area contributed by atoms with Gasteiger partial charge in [0.2, 0.25) is 0 Å². The summed E-state index contributed by atoms with van der Waals surface area (Å²) in [6.07, 6.45) is 4.41. The first-order chi connectivity index (χ1) is 14.6. The van der Waals surface area contributed by atoms with Gasteiger partial charge in [-0.2, -0.15) is 0 Å². The molecule has 0 aromatic heterocycles. The minimum atomic E-state index is -0.752. The van der Waals surface area contributed by atoms with Crippen molar-refractivity contribution in [3.63, 3.8) is 0 Å². The maximum Gasteiger partial charge on any atom is 0.410 e. The Morgan fingerprint density at radius 2 is 1.80 bits per heavy atom. The normalized spacial score (nSPS) is 26.4. The van der Waals surface area contributed by atoms with Crippen molar-refractivity contribution in [2.45, 2.75) is 55.8 Å². The number of aliphatic hydroxyl groups is 1. The highest BCUT2D eigenvalue weighted by atomic mass is 16.6. The molecule has 3 aliphatic rings. The zero-order chi connectivity index (χ0) is 20.6. The molecule has 158 valence electrons. The third-order valence-corrected chi connectivity index (χ3v) is 7.30.